The summed E-state index contributed by atoms with van der Waals surface area (Å²) in [6.07, 6.45) is 3.37. The first-order valence-electron chi connectivity index (χ1n) is 7.17. The number of hydrogen-bond donors (Lipinski definition) is 1. The number of rotatable bonds is 5. The van der Waals surface area contributed by atoms with Crippen LogP contribution in [0.3, 0.4) is 0 Å². The van der Waals surface area contributed by atoms with E-state index in [1.54, 1.807) is 7.05 Å². The molecule has 1 aromatic carbocycles. The molecule has 0 heterocycles. The van der Waals surface area contributed by atoms with Crippen molar-refractivity contribution in [2.45, 2.75) is 31.6 Å². The number of amides is 2. The first-order chi connectivity index (χ1) is 9.93. The van der Waals surface area contributed by atoms with Crippen LogP contribution in [0.4, 0.5) is 0 Å². The van der Waals surface area contributed by atoms with Gasteiger partial charge in [-0.25, -0.2) is 0 Å². The summed E-state index contributed by atoms with van der Waals surface area (Å²) in [5.74, 6) is -0.204. The molecule has 1 saturated carbocycles. The van der Waals surface area contributed by atoms with Gasteiger partial charge in [0.1, 0.15) is 0 Å². The molecule has 21 heavy (non-hydrogen) atoms. The van der Waals surface area contributed by atoms with E-state index in [1.165, 1.54) is 23.8 Å². The monoisotopic (exact) mass is 352 g/mol. The highest BCUT2D eigenvalue weighted by Gasteiger charge is 2.38. The van der Waals surface area contributed by atoms with Gasteiger partial charge in [0, 0.05) is 30.4 Å². The van der Waals surface area contributed by atoms with Gasteiger partial charge in [0.2, 0.25) is 11.8 Å². The lowest BCUT2D eigenvalue weighted by Gasteiger charge is -2.42. The number of hydrogen-bond acceptors (Lipinski definition) is 2. The molecule has 0 radical (unpaired) electrons. The van der Waals surface area contributed by atoms with Crippen molar-refractivity contribution in [1.82, 2.24) is 10.2 Å². The number of carbonyl (C=O) groups is 2. The summed E-state index contributed by atoms with van der Waals surface area (Å²) in [5.41, 5.74) is 1.32. The minimum absolute atomic E-state index is 0.0498. The molecule has 1 N–H and O–H groups in total. The molecule has 114 valence electrons. The van der Waals surface area contributed by atoms with Gasteiger partial charge in [0.05, 0.1) is 6.54 Å². The molecule has 1 aliphatic rings. The summed E-state index contributed by atoms with van der Waals surface area (Å²) in [5, 5.41) is 2.98. The van der Waals surface area contributed by atoms with E-state index in [-0.39, 0.29) is 23.8 Å². The molecule has 0 spiro atoms. The van der Waals surface area contributed by atoms with Gasteiger partial charge in [0.25, 0.3) is 0 Å². The third kappa shape index (κ3) is 3.84. The van der Waals surface area contributed by atoms with E-state index in [2.05, 4.69) is 33.4 Å². The van der Waals surface area contributed by atoms with Crippen molar-refractivity contribution in [3.63, 3.8) is 0 Å². The van der Waals surface area contributed by atoms with E-state index in [0.717, 1.165) is 17.3 Å². The highest BCUT2D eigenvalue weighted by atomic mass is 79.9. The molecule has 2 amide bonds. The van der Waals surface area contributed by atoms with Crippen LogP contribution >= 0.6 is 15.9 Å². The van der Waals surface area contributed by atoms with Crippen LogP contribution in [0.15, 0.2) is 28.7 Å². The van der Waals surface area contributed by atoms with Gasteiger partial charge in [-0.15, -0.1) is 0 Å². The van der Waals surface area contributed by atoms with Crippen molar-refractivity contribution in [3.8, 4) is 0 Å². The Morgan fingerprint density at radius 2 is 2.10 bits per heavy atom. The van der Waals surface area contributed by atoms with Crippen LogP contribution in [0.1, 0.15) is 31.7 Å². The average molecular weight is 353 g/mol. The topological polar surface area (TPSA) is 49.4 Å². The molecule has 0 saturated heterocycles. The van der Waals surface area contributed by atoms with Gasteiger partial charge < -0.3 is 10.2 Å². The van der Waals surface area contributed by atoms with Crippen molar-refractivity contribution in [2.24, 2.45) is 0 Å². The zero-order valence-corrected chi connectivity index (χ0v) is 14.1. The number of halogens is 1. The quantitative estimate of drug-likeness (QED) is 0.884. The van der Waals surface area contributed by atoms with Crippen molar-refractivity contribution < 1.29 is 9.59 Å². The second kappa shape index (κ2) is 6.60. The second-order valence-corrected chi connectivity index (χ2v) is 6.71. The number of nitrogens with one attached hydrogen (secondary N) is 1. The van der Waals surface area contributed by atoms with E-state index in [9.17, 15) is 9.59 Å². The Balaban J connectivity index is 1.97. The minimum Gasteiger partial charge on any atom is -0.354 e. The number of likely N-dealkylation sites (N-methyl/N-ethyl adjacent to an activating group) is 1. The van der Waals surface area contributed by atoms with Gasteiger partial charge >= 0.3 is 0 Å². The van der Waals surface area contributed by atoms with E-state index in [4.69, 9.17) is 0 Å². The first kappa shape index (κ1) is 16.0. The van der Waals surface area contributed by atoms with Crippen LogP contribution < -0.4 is 5.32 Å². The summed E-state index contributed by atoms with van der Waals surface area (Å²) < 4.78 is 1.06. The fourth-order valence-electron chi connectivity index (χ4n) is 2.64. The third-order valence-electron chi connectivity index (χ3n) is 4.29. The Kier molecular flexibility index (Phi) is 5.04. The van der Waals surface area contributed by atoms with E-state index < -0.39 is 0 Å². The second-order valence-electron chi connectivity index (χ2n) is 5.80. The predicted octanol–water partition coefficient (Wildman–Crippen LogP) is 2.47. The molecular formula is C16H21BrN2O2. The standard InChI is InChI=1S/C16H21BrN2O2/c1-12(20)19(2)10-15(21)18-11-16(7-4-8-16)13-5-3-6-14(17)9-13/h3,5-6,9H,4,7-8,10-11H2,1-2H3,(H,18,21). The molecule has 5 heteroatoms. The van der Waals surface area contributed by atoms with Crippen molar-refractivity contribution >= 4 is 27.7 Å². The maximum Gasteiger partial charge on any atom is 0.239 e. The molecular weight excluding hydrogens is 332 g/mol. The Morgan fingerprint density at radius 1 is 1.38 bits per heavy atom. The van der Waals surface area contributed by atoms with E-state index >= 15 is 0 Å². The number of benzene rings is 1. The molecule has 4 nitrogen and oxygen atoms in total. The molecule has 0 atom stereocenters. The van der Waals surface area contributed by atoms with Crippen LogP contribution in [-0.4, -0.2) is 36.9 Å². The Hall–Kier alpha value is -1.36. The Labute approximate surface area is 134 Å². The lowest BCUT2D eigenvalue weighted by Crippen LogP contribution is -2.47. The largest absolute Gasteiger partial charge is 0.354 e. The van der Waals surface area contributed by atoms with Crippen molar-refractivity contribution in [1.29, 1.82) is 0 Å². The predicted molar refractivity (Wildman–Crippen MR) is 86.0 cm³/mol. The van der Waals surface area contributed by atoms with Crippen LogP contribution in [0.25, 0.3) is 0 Å². The zero-order chi connectivity index (χ0) is 15.5. The highest BCUT2D eigenvalue weighted by molar-refractivity contribution is 9.10. The summed E-state index contributed by atoms with van der Waals surface area (Å²) in [6.45, 7) is 2.21. The van der Waals surface area contributed by atoms with Crippen molar-refractivity contribution in [3.05, 3.63) is 34.3 Å². The normalized spacial score (nSPS) is 16.0. The number of carbonyl (C=O) groups excluding carboxylic acids is 2. The molecule has 1 aromatic rings. The number of nitrogens with zero attached hydrogens (tertiary/aromatic N) is 1. The lowest BCUT2D eigenvalue weighted by molar-refractivity contribution is -0.133. The summed E-state index contributed by atoms with van der Waals surface area (Å²) in [7, 11) is 1.63. The van der Waals surface area contributed by atoms with Gasteiger partial charge in [0.15, 0.2) is 0 Å². The van der Waals surface area contributed by atoms with Gasteiger partial charge in [-0.1, -0.05) is 34.5 Å². The molecule has 0 aromatic heterocycles. The molecule has 1 aliphatic carbocycles. The van der Waals surface area contributed by atoms with Crippen molar-refractivity contribution in [2.75, 3.05) is 20.1 Å². The van der Waals surface area contributed by atoms with Gasteiger partial charge in [-0.05, 0) is 30.5 Å². The van der Waals surface area contributed by atoms with E-state index in [1.807, 2.05) is 12.1 Å². The highest BCUT2D eigenvalue weighted by Crippen LogP contribution is 2.43. The molecule has 0 unspecified atom stereocenters. The Morgan fingerprint density at radius 3 is 2.62 bits per heavy atom. The van der Waals surface area contributed by atoms with Gasteiger partial charge in [-0.2, -0.15) is 0 Å². The molecule has 0 bridgehead atoms. The van der Waals surface area contributed by atoms with Crippen LogP contribution in [0, 0.1) is 0 Å². The fraction of sp³-hybridized carbons (Fsp3) is 0.500. The van der Waals surface area contributed by atoms with Crippen LogP contribution in [0.5, 0.6) is 0 Å². The summed E-state index contributed by atoms with van der Waals surface area (Å²) >= 11 is 3.51. The zero-order valence-electron chi connectivity index (χ0n) is 12.5. The molecule has 2 rings (SSSR count). The Bertz CT molecular complexity index is 541. The van der Waals surface area contributed by atoms with E-state index in [0.29, 0.717) is 6.54 Å². The molecule has 0 aliphatic heterocycles. The van der Waals surface area contributed by atoms with Gasteiger partial charge in [-0.3, -0.25) is 9.59 Å². The lowest BCUT2D eigenvalue weighted by atomic mass is 9.64. The smallest absolute Gasteiger partial charge is 0.239 e. The third-order valence-corrected chi connectivity index (χ3v) is 4.78. The maximum atomic E-state index is 11.9. The first-order valence-corrected chi connectivity index (χ1v) is 7.97. The SMILES string of the molecule is CC(=O)N(C)CC(=O)NCC1(c2cccc(Br)c2)CCC1. The summed E-state index contributed by atoms with van der Waals surface area (Å²) in [4.78, 5) is 24.5. The fourth-order valence-corrected chi connectivity index (χ4v) is 3.04. The van der Waals surface area contributed by atoms with Crippen LogP contribution in [-0.2, 0) is 15.0 Å². The maximum absolute atomic E-state index is 11.9. The molecule has 1 fully saturated rings. The average Bonchev–Trinajstić information content (AvgIpc) is 2.37. The summed E-state index contributed by atoms with van der Waals surface area (Å²) in [6, 6.07) is 8.30. The minimum atomic E-state index is -0.103. The van der Waals surface area contributed by atoms with Crippen LogP contribution in [0.2, 0.25) is 0 Å².